The summed E-state index contributed by atoms with van der Waals surface area (Å²) in [6.45, 7) is 0. The minimum Gasteiger partial charge on any atom is -0.505 e. The molecule has 2 aromatic heterocycles. The Balaban J connectivity index is 2.04. The molecule has 0 atom stereocenters. The van der Waals surface area contributed by atoms with E-state index in [1.807, 2.05) is 6.07 Å². The fourth-order valence-corrected chi connectivity index (χ4v) is 2.08. The number of phenols is 1. The predicted molar refractivity (Wildman–Crippen MR) is 76.7 cm³/mol. The van der Waals surface area contributed by atoms with Gasteiger partial charge in [-0.3, -0.25) is 4.98 Å². The first-order valence-electron chi connectivity index (χ1n) is 5.67. The second kappa shape index (κ2) is 4.93. The fourth-order valence-electron chi connectivity index (χ4n) is 1.72. The first-order chi connectivity index (χ1) is 9.65. The summed E-state index contributed by atoms with van der Waals surface area (Å²) < 4.78 is 5.97. The van der Waals surface area contributed by atoms with Crippen LogP contribution in [0.4, 0.5) is 5.69 Å². The van der Waals surface area contributed by atoms with Gasteiger partial charge in [-0.2, -0.15) is 4.98 Å². The van der Waals surface area contributed by atoms with Gasteiger partial charge in [-0.1, -0.05) is 11.2 Å². The zero-order valence-electron chi connectivity index (χ0n) is 10.1. The standard InChI is InChI=1S/C13H9BrN4O2/c14-8-4-7(5-16-6-8)12-17-13(20-18-12)9-2-1-3-10(15)11(9)19/h1-6,19H,15H2. The largest absolute Gasteiger partial charge is 0.505 e. The molecule has 0 saturated heterocycles. The van der Waals surface area contributed by atoms with Crippen LogP contribution in [-0.4, -0.2) is 20.2 Å². The van der Waals surface area contributed by atoms with E-state index < -0.39 is 0 Å². The third-order valence-corrected chi connectivity index (χ3v) is 3.12. The van der Waals surface area contributed by atoms with Crippen LogP contribution in [-0.2, 0) is 0 Å². The van der Waals surface area contributed by atoms with Crippen molar-refractivity contribution in [3.05, 3.63) is 41.1 Å². The van der Waals surface area contributed by atoms with Gasteiger partial charge in [0.25, 0.3) is 5.89 Å². The summed E-state index contributed by atoms with van der Waals surface area (Å²) in [4.78, 5) is 8.28. The van der Waals surface area contributed by atoms with Crippen LogP contribution in [0.5, 0.6) is 5.75 Å². The Morgan fingerprint density at radius 3 is 2.90 bits per heavy atom. The van der Waals surface area contributed by atoms with E-state index in [-0.39, 0.29) is 17.3 Å². The molecule has 0 amide bonds. The van der Waals surface area contributed by atoms with Gasteiger partial charge in [0.05, 0.1) is 11.3 Å². The number of hydrogen-bond donors (Lipinski definition) is 2. The zero-order chi connectivity index (χ0) is 14.1. The molecule has 3 rings (SSSR count). The molecule has 6 nitrogen and oxygen atoms in total. The molecule has 3 aromatic rings. The highest BCUT2D eigenvalue weighted by Crippen LogP contribution is 2.33. The van der Waals surface area contributed by atoms with Gasteiger partial charge in [0.2, 0.25) is 5.82 Å². The SMILES string of the molecule is Nc1cccc(-c2nc(-c3cncc(Br)c3)no2)c1O. The van der Waals surface area contributed by atoms with Crippen molar-refractivity contribution in [1.82, 2.24) is 15.1 Å². The van der Waals surface area contributed by atoms with Gasteiger partial charge in [0, 0.05) is 22.4 Å². The van der Waals surface area contributed by atoms with Crippen molar-refractivity contribution in [1.29, 1.82) is 0 Å². The van der Waals surface area contributed by atoms with Crippen LogP contribution >= 0.6 is 15.9 Å². The highest BCUT2D eigenvalue weighted by Gasteiger charge is 2.15. The Morgan fingerprint density at radius 1 is 1.25 bits per heavy atom. The molecule has 0 spiro atoms. The second-order valence-corrected chi connectivity index (χ2v) is 4.97. The smallest absolute Gasteiger partial charge is 0.262 e. The Morgan fingerprint density at radius 2 is 2.10 bits per heavy atom. The number of anilines is 1. The minimum absolute atomic E-state index is 0.0740. The van der Waals surface area contributed by atoms with E-state index in [1.165, 1.54) is 0 Å². The monoisotopic (exact) mass is 332 g/mol. The molecular formula is C13H9BrN4O2. The summed E-state index contributed by atoms with van der Waals surface area (Å²) in [6.07, 6.45) is 3.28. The van der Waals surface area contributed by atoms with Crippen molar-refractivity contribution < 1.29 is 9.63 Å². The van der Waals surface area contributed by atoms with E-state index in [9.17, 15) is 5.11 Å². The molecule has 0 fully saturated rings. The minimum atomic E-state index is -0.0740. The van der Waals surface area contributed by atoms with Crippen LogP contribution in [0.2, 0.25) is 0 Å². The Hall–Kier alpha value is -2.41. The topological polar surface area (TPSA) is 98.1 Å². The van der Waals surface area contributed by atoms with Crippen LogP contribution in [0.1, 0.15) is 0 Å². The maximum absolute atomic E-state index is 9.90. The number of nitrogens with two attached hydrogens (primary N) is 1. The second-order valence-electron chi connectivity index (χ2n) is 4.06. The molecule has 0 aliphatic heterocycles. The lowest BCUT2D eigenvalue weighted by molar-refractivity contribution is 0.426. The zero-order valence-corrected chi connectivity index (χ0v) is 11.7. The van der Waals surface area contributed by atoms with Gasteiger partial charge in [0.15, 0.2) is 5.75 Å². The van der Waals surface area contributed by atoms with Crippen molar-refractivity contribution in [2.45, 2.75) is 0 Å². The first-order valence-corrected chi connectivity index (χ1v) is 6.47. The van der Waals surface area contributed by atoms with E-state index >= 15 is 0 Å². The Labute approximate surface area is 122 Å². The molecule has 0 saturated carbocycles. The third kappa shape index (κ3) is 2.23. The van der Waals surface area contributed by atoms with Crippen molar-refractivity contribution in [3.63, 3.8) is 0 Å². The summed E-state index contributed by atoms with van der Waals surface area (Å²) in [5, 5.41) is 13.8. The Kier molecular flexibility index (Phi) is 3.11. The van der Waals surface area contributed by atoms with E-state index in [4.69, 9.17) is 10.3 Å². The van der Waals surface area contributed by atoms with Crippen molar-refractivity contribution >= 4 is 21.6 Å². The van der Waals surface area contributed by atoms with Crippen LogP contribution in [0.15, 0.2) is 45.7 Å². The number of nitrogens with zero attached hydrogens (tertiary/aromatic N) is 3. The molecule has 7 heteroatoms. The number of rotatable bonds is 2. The molecule has 2 heterocycles. The van der Waals surface area contributed by atoms with Crippen LogP contribution in [0, 0.1) is 0 Å². The van der Waals surface area contributed by atoms with Gasteiger partial charge in [0.1, 0.15) is 0 Å². The van der Waals surface area contributed by atoms with E-state index in [1.54, 1.807) is 30.6 Å². The van der Waals surface area contributed by atoms with Gasteiger partial charge in [-0.25, -0.2) is 0 Å². The summed E-state index contributed by atoms with van der Waals surface area (Å²) in [6, 6.07) is 6.77. The maximum Gasteiger partial charge on any atom is 0.262 e. The molecule has 0 bridgehead atoms. The molecule has 20 heavy (non-hydrogen) atoms. The average Bonchev–Trinajstić information content (AvgIpc) is 2.91. The molecule has 0 radical (unpaired) electrons. The van der Waals surface area contributed by atoms with Crippen LogP contribution < -0.4 is 5.73 Å². The predicted octanol–water partition coefficient (Wildman–Crippen LogP) is 2.85. The number of benzene rings is 1. The quantitative estimate of drug-likeness (QED) is 0.553. The number of pyridine rings is 1. The third-order valence-electron chi connectivity index (χ3n) is 2.69. The highest BCUT2D eigenvalue weighted by atomic mass is 79.9. The van der Waals surface area contributed by atoms with E-state index in [2.05, 4.69) is 31.1 Å². The number of hydrogen-bond acceptors (Lipinski definition) is 6. The van der Waals surface area contributed by atoms with Crippen molar-refractivity contribution in [2.75, 3.05) is 5.73 Å². The van der Waals surface area contributed by atoms with E-state index in [0.29, 0.717) is 17.0 Å². The summed E-state index contributed by atoms with van der Waals surface area (Å²) >= 11 is 3.33. The lowest BCUT2D eigenvalue weighted by atomic mass is 10.1. The van der Waals surface area contributed by atoms with Gasteiger partial charge in [-0.05, 0) is 34.1 Å². The molecule has 3 N–H and O–H groups in total. The fraction of sp³-hybridized carbons (Fsp3) is 0. The van der Waals surface area contributed by atoms with Gasteiger partial charge >= 0.3 is 0 Å². The summed E-state index contributed by atoms with van der Waals surface area (Å²) in [5.41, 5.74) is 7.00. The number of nitrogen functional groups attached to an aromatic ring is 1. The van der Waals surface area contributed by atoms with Crippen LogP contribution in [0.25, 0.3) is 22.8 Å². The molecule has 100 valence electrons. The van der Waals surface area contributed by atoms with Crippen molar-refractivity contribution in [3.8, 4) is 28.6 Å². The number of halogens is 1. The van der Waals surface area contributed by atoms with Gasteiger partial charge in [-0.15, -0.1) is 0 Å². The van der Waals surface area contributed by atoms with Crippen molar-refractivity contribution in [2.24, 2.45) is 0 Å². The maximum atomic E-state index is 9.90. The lowest BCUT2D eigenvalue weighted by Crippen LogP contribution is -1.88. The summed E-state index contributed by atoms with van der Waals surface area (Å²) in [5.74, 6) is 0.510. The number of aromatic nitrogens is 3. The molecule has 0 unspecified atom stereocenters. The van der Waals surface area contributed by atoms with Crippen LogP contribution in [0.3, 0.4) is 0 Å². The number of phenolic OH excluding ortho intramolecular Hbond substituents is 1. The highest BCUT2D eigenvalue weighted by molar-refractivity contribution is 9.10. The Bertz CT molecular complexity index is 773. The molecule has 0 aliphatic carbocycles. The van der Waals surface area contributed by atoms with Gasteiger partial charge < -0.3 is 15.4 Å². The lowest BCUT2D eigenvalue weighted by Gasteiger charge is -2.01. The average molecular weight is 333 g/mol. The van der Waals surface area contributed by atoms with E-state index in [0.717, 1.165) is 4.47 Å². The molecule has 1 aromatic carbocycles. The molecular weight excluding hydrogens is 324 g/mol. The molecule has 0 aliphatic rings. The number of aromatic hydroxyl groups is 1. The summed E-state index contributed by atoms with van der Waals surface area (Å²) in [7, 11) is 0. The normalized spacial score (nSPS) is 10.7. The first kappa shape index (κ1) is 12.6. The number of para-hydroxylation sites is 1.